The van der Waals surface area contributed by atoms with E-state index in [0.29, 0.717) is 0 Å². The molecule has 4 atom stereocenters. The van der Waals surface area contributed by atoms with E-state index in [2.05, 4.69) is 41.2 Å². The summed E-state index contributed by atoms with van der Waals surface area (Å²) in [5, 5.41) is 24.4. The van der Waals surface area contributed by atoms with Crippen molar-refractivity contribution in [1.29, 1.82) is 0 Å². The summed E-state index contributed by atoms with van der Waals surface area (Å²) in [6, 6.07) is -4.64. The van der Waals surface area contributed by atoms with Crippen LogP contribution in [0.5, 0.6) is 0 Å². The van der Waals surface area contributed by atoms with Crippen molar-refractivity contribution in [3.63, 3.8) is 0 Å². The second kappa shape index (κ2) is 12.4. The first-order valence-corrected chi connectivity index (χ1v) is 9.12. The number of nitrogens with one attached hydrogen (secondary N) is 3. The number of thiol groups is 2. The zero-order valence-electron chi connectivity index (χ0n) is 14.5. The lowest BCUT2D eigenvalue weighted by molar-refractivity contribution is -0.142. The number of carbonyl (C=O) groups excluding carboxylic acids is 3. The van der Waals surface area contributed by atoms with Crippen molar-refractivity contribution in [2.24, 2.45) is 5.73 Å². The molecule has 154 valence electrons. The highest BCUT2D eigenvalue weighted by Crippen LogP contribution is 2.02. The summed E-state index contributed by atoms with van der Waals surface area (Å²) in [5.74, 6) is -4.88. The van der Waals surface area contributed by atoms with E-state index < -0.39 is 60.2 Å². The number of amides is 3. The summed E-state index contributed by atoms with van der Waals surface area (Å²) in [4.78, 5) is 57.9. The SMILES string of the molecule is CC(NC(=O)C(CCC(=O)O)NC(=O)C(CS)NC(=O)C(N)CS)C(=O)O. The van der Waals surface area contributed by atoms with E-state index in [4.69, 9.17) is 15.9 Å². The van der Waals surface area contributed by atoms with E-state index in [-0.39, 0.29) is 17.9 Å². The molecule has 7 N–H and O–H groups in total. The molecule has 3 amide bonds. The molecule has 0 saturated carbocycles. The monoisotopic (exact) mass is 424 g/mol. The first-order valence-electron chi connectivity index (χ1n) is 7.86. The highest BCUT2D eigenvalue weighted by Gasteiger charge is 2.28. The first-order chi connectivity index (χ1) is 12.5. The number of rotatable bonds is 12. The Kier molecular flexibility index (Phi) is 11.5. The van der Waals surface area contributed by atoms with Gasteiger partial charge in [-0.15, -0.1) is 0 Å². The van der Waals surface area contributed by atoms with Crippen LogP contribution in [0.1, 0.15) is 19.8 Å². The van der Waals surface area contributed by atoms with Gasteiger partial charge < -0.3 is 31.9 Å². The molecule has 0 aliphatic heterocycles. The Labute approximate surface area is 166 Å². The average Bonchev–Trinajstić information content (AvgIpc) is 2.61. The average molecular weight is 425 g/mol. The van der Waals surface area contributed by atoms with Gasteiger partial charge >= 0.3 is 11.9 Å². The lowest BCUT2D eigenvalue weighted by Gasteiger charge is -2.23. The topological polar surface area (TPSA) is 188 Å². The Morgan fingerprint density at radius 2 is 1.41 bits per heavy atom. The molecule has 0 aliphatic carbocycles. The van der Waals surface area contributed by atoms with Crippen LogP contribution < -0.4 is 21.7 Å². The van der Waals surface area contributed by atoms with Gasteiger partial charge in [-0.05, 0) is 13.3 Å². The fraction of sp³-hybridized carbons (Fsp3) is 0.643. The highest BCUT2D eigenvalue weighted by molar-refractivity contribution is 7.80. The lowest BCUT2D eigenvalue weighted by Crippen LogP contribution is -2.57. The molecule has 0 rings (SSSR count). The third kappa shape index (κ3) is 9.49. The molecule has 11 nitrogen and oxygen atoms in total. The van der Waals surface area contributed by atoms with E-state index in [1.807, 2.05) is 0 Å². The smallest absolute Gasteiger partial charge is 0.325 e. The zero-order valence-corrected chi connectivity index (χ0v) is 16.3. The predicted molar refractivity (Wildman–Crippen MR) is 102 cm³/mol. The van der Waals surface area contributed by atoms with Gasteiger partial charge in [0.1, 0.15) is 18.1 Å². The molecule has 0 heterocycles. The minimum atomic E-state index is -1.31. The van der Waals surface area contributed by atoms with Crippen LogP contribution in [0.4, 0.5) is 0 Å². The zero-order chi connectivity index (χ0) is 21.1. The summed E-state index contributed by atoms with van der Waals surface area (Å²) in [5.41, 5.74) is 5.50. The van der Waals surface area contributed by atoms with Crippen LogP contribution in [0, 0.1) is 0 Å². The molecule has 13 heteroatoms. The first kappa shape index (κ1) is 25.0. The molecular formula is C14H24N4O7S2. The number of hydrogen-bond donors (Lipinski definition) is 8. The van der Waals surface area contributed by atoms with Crippen LogP contribution in [-0.4, -0.2) is 75.5 Å². The number of carboxylic acid groups (broad SMARTS) is 2. The van der Waals surface area contributed by atoms with Gasteiger partial charge in [-0.2, -0.15) is 25.3 Å². The van der Waals surface area contributed by atoms with Crippen LogP contribution in [-0.2, 0) is 24.0 Å². The Balaban J connectivity index is 5.12. The van der Waals surface area contributed by atoms with Gasteiger partial charge in [-0.3, -0.25) is 24.0 Å². The van der Waals surface area contributed by atoms with E-state index in [1.165, 1.54) is 6.92 Å². The van der Waals surface area contributed by atoms with Crippen molar-refractivity contribution in [1.82, 2.24) is 16.0 Å². The van der Waals surface area contributed by atoms with Crippen molar-refractivity contribution in [3.05, 3.63) is 0 Å². The molecule has 0 aliphatic rings. The van der Waals surface area contributed by atoms with Crippen LogP contribution >= 0.6 is 25.3 Å². The maximum Gasteiger partial charge on any atom is 0.325 e. The van der Waals surface area contributed by atoms with Crippen LogP contribution in [0.2, 0.25) is 0 Å². The molecule has 0 spiro atoms. The Morgan fingerprint density at radius 1 is 0.889 bits per heavy atom. The van der Waals surface area contributed by atoms with Crippen molar-refractivity contribution >= 4 is 54.9 Å². The van der Waals surface area contributed by atoms with Gasteiger partial charge in [-0.1, -0.05) is 0 Å². The largest absolute Gasteiger partial charge is 0.481 e. The summed E-state index contributed by atoms with van der Waals surface area (Å²) in [6.07, 6.45) is -0.717. The molecule has 0 saturated heterocycles. The van der Waals surface area contributed by atoms with E-state index >= 15 is 0 Å². The van der Waals surface area contributed by atoms with E-state index in [9.17, 15) is 24.0 Å². The fourth-order valence-corrected chi connectivity index (χ4v) is 2.16. The maximum atomic E-state index is 12.3. The fourth-order valence-electron chi connectivity index (χ4n) is 1.74. The second-order valence-electron chi connectivity index (χ2n) is 5.59. The predicted octanol–water partition coefficient (Wildman–Crippen LogP) is -2.40. The minimum Gasteiger partial charge on any atom is -0.481 e. The van der Waals surface area contributed by atoms with Crippen LogP contribution in [0.25, 0.3) is 0 Å². The molecule has 0 radical (unpaired) electrons. The number of aliphatic carboxylic acids is 2. The second-order valence-corrected chi connectivity index (χ2v) is 6.33. The quantitative estimate of drug-likeness (QED) is 0.159. The van der Waals surface area contributed by atoms with Crippen LogP contribution in [0.15, 0.2) is 0 Å². The number of hydrogen-bond acceptors (Lipinski definition) is 8. The van der Waals surface area contributed by atoms with E-state index in [1.54, 1.807) is 0 Å². The number of carboxylic acids is 2. The van der Waals surface area contributed by atoms with Crippen molar-refractivity contribution in [2.45, 2.75) is 43.9 Å². The summed E-state index contributed by atoms with van der Waals surface area (Å²) in [7, 11) is 0. The van der Waals surface area contributed by atoms with Gasteiger partial charge in [0, 0.05) is 17.9 Å². The number of nitrogens with two attached hydrogens (primary N) is 1. The normalized spacial score (nSPS) is 15.0. The van der Waals surface area contributed by atoms with Crippen molar-refractivity contribution < 1.29 is 34.2 Å². The van der Waals surface area contributed by atoms with Crippen LogP contribution in [0.3, 0.4) is 0 Å². The highest BCUT2D eigenvalue weighted by atomic mass is 32.1. The summed E-state index contributed by atoms with van der Waals surface area (Å²) < 4.78 is 0. The lowest BCUT2D eigenvalue weighted by atomic mass is 10.1. The van der Waals surface area contributed by atoms with Gasteiger partial charge in [0.05, 0.1) is 6.04 Å². The van der Waals surface area contributed by atoms with Gasteiger partial charge in [0.2, 0.25) is 17.7 Å². The van der Waals surface area contributed by atoms with Gasteiger partial charge in [0.25, 0.3) is 0 Å². The standard InChI is InChI=1S/C14H24N4O7S2/c1-6(14(24)25)16-12(22)8(2-3-10(19)20)17-13(23)9(5-27)18-11(21)7(15)4-26/h6-9,26-27H,2-5,15H2,1H3,(H,16,22)(H,17,23)(H,18,21)(H,19,20)(H,24,25). The van der Waals surface area contributed by atoms with Gasteiger partial charge in [-0.25, -0.2) is 0 Å². The maximum absolute atomic E-state index is 12.3. The Morgan fingerprint density at radius 3 is 1.85 bits per heavy atom. The third-order valence-electron chi connectivity index (χ3n) is 3.36. The Bertz CT molecular complexity index is 576. The van der Waals surface area contributed by atoms with Gasteiger partial charge in [0.15, 0.2) is 0 Å². The minimum absolute atomic E-state index is 0.0451. The molecule has 0 fully saturated rings. The number of carbonyl (C=O) groups is 5. The van der Waals surface area contributed by atoms with Crippen molar-refractivity contribution in [2.75, 3.05) is 11.5 Å². The van der Waals surface area contributed by atoms with Crippen molar-refractivity contribution in [3.8, 4) is 0 Å². The summed E-state index contributed by atoms with van der Waals surface area (Å²) in [6.45, 7) is 1.21. The van der Waals surface area contributed by atoms with E-state index in [0.717, 1.165) is 0 Å². The molecule has 27 heavy (non-hydrogen) atoms. The molecule has 0 aromatic carbocycles. The Hall–Kier alpha value is -1.99. The molecular weight excluding hydrogens is 400 g/mol. The third-order valence-corrected chi connectivity index (χ3v) is 4.12. The molecule has 0 aromatic rings. The molecule has 4 unspecified atom stereocenters. The molecule has 0 aromatic heterocycles. The summed E-state index contributed by atoms with van der Waals surface area (Å²) >= 11 is 7.83. The molecule has 0 bridgehead atoms.